The maximum Gasteiger partial charge on any atom is 0.276 e. The van der Waals surface area contributed by atoms with Gasteiger partial charge in [-0.1, -0.05) is 0 Å². The number of rotatable bonds is 2. The van der Waals surface area contributed by atoms with Crippen molar-refractivity contribution in [2.45, 2.75) is 0 Å². The summed E-state index contributed by atoms with van der Waals surface area (Å²) in [6.45, 7) is 0. The first-order valence-electron chi connectivity index (χ1n) is 4.36. The van der Waals surface area contributed by atoms with Crippen molar-refractivity contribution >= 4 is 22.4 Å². The highest BCUT2D eigenvalue weighted by atomic mass is 32.1. The molecule has 2 heterocycles. The van der Waals surface area contributed by atoms with E-state index in [9.17, 15) is 4.79 Å². The molecule has 1 N–H and O–H groups in total. The largest absolute Gasteiger partial charge is 0.296 e. The number of thiazole rings is 1. The standard InChI is InChI=1S/C10H6N4OS/c11-5-7-1-2-8(13-6-7)9(15)14-10-12-3-4-16-10/h1-4,6H,(H,12,14,15). The van der Waals surface area contributed by atoms with Crippen LogP contribution in [0, 0.1) is 11.3 Å². The summed E-state index contributed by atoms with van der Waals surface area (Å²) in [7, 11) is 0. The van der Waals surface area contributed by atoms with Crippen LogP contribution in [0.5, 0.6) is 0 Å². The van der Waals surface area contributed by atoms with Gasteiger partial charge >= 0.3 is 0 Å². The van der Waals surface area contributed by atoms with Crippen molar-refractivity contribution in [3.8, 4) is 6.07 Å². The Morgan fingerprint density at radius 3 is 2.88 bits per heavy atom. The summed E-state index contributed by atoms with van der Waals surface area (Å²) < 4.78 is 0. The molecular formula is C10H6N4OS. The minimum atomic E-state index is -0.334. The number of pyridine rings is 1. The van der Waals surface area contributed by atoms with Gasteiger partial charge in [-0.15, -0.1) is 11.3 Å². The van der Waals surface area contributed by atoms with Gasteiger partial charge in [0, 0.05) is 17.8 Å². The molecule has 5 nitrogen and oxygen atoms in total. The summed E-state index contributed by atoms with van der Waals surface area (Å²) in [6, 6.07) is 4.98. The molecule has 0 aliphatic carbocycles. The lowest BCUT2D eigenvalue weighted by molar-refractivity contribution is 0.102. The van der Waals surface area contributed by atoms with Crippen LogP contribution in [-0.2, 0) is 0 Å². The fourth-order valence-electron chi connectivity index (χ4n) is 1.04. The normalized spacial score (nSPS) is 9.44. The number of anilines is 1. The van der Waals surface area contributed by atoms with Gasteiger partial charge in [-0.3, -0.25) is 10.1 Å². The first-order valence-corrected chi connectivity index (χ1v) is 5.24. The van der Waals surface area contributed by atoms with Crippen LogP contribution >= 0.6 is 11.3 Å². The van der Waals surface area contributed by atoms with Crippen LogP contribution in [0.15, 0.2) is 29.9 Å². The lowest BCUT2D eigenvalue weighted by Crippen LogP contribution is -2.13. The SMILES string of the molecule is N#Cc1ccc(C(=O)Nc2nccs2)nc1. The second-order valence-electron chi connectivity index (χ2n) is 2.84. The summed E-state index contributed by atoms with van der Waals surface area (Å²) >= 11 is 1.33. The van der Waals surface area contributed by atoms with Crippen molar-refractivity contribution in [3.05, 3.63) is 41.2 Å². The van der Waals surface area contributed by atoms with Gasteiger partial charge in [0.2, 0.25) is 0 Å². The molecule has 2 aromatic rings. The molecular weight excluding hydrogens is 224 g/mol. The van der Waals surface area contributed by atoms with Gasteiger partial charge in [-0.25, -0.2) is 9.97 Å². The minimum Gasteiger partial charge on any atom is -0.296 e. The molecule has 0 saturated carbocycles. The van der Waals surface area contributed by atoms with Crippen LogP contribution in [0.25, 0.3) is 0 Å². The summed E-state index contributed by atoms with van der Waals surface area (Å²) in [6.07, 6.45) is 2.96. The van der Waals surface area contributed by atoms with E-state index in [0.717, 1.165) is 0 Å². The Labute approximate surface area is 95.4 Å². The second-order valence-corrected chi connectivity index (χ2v) is 3.73. The van der Waals surface area contributed by atoms with Gasteiger partial charge in [0.1, 0.15) is 11.8 Å². The topological polar surface area (TPSA) is 78.7 Å². The molecule has 0 aliphatic heterocycles. The Bertz CT molecular complexity index is 527. The van der Waals surface area contributed by atoms with Gasteiger partial charge in [0.05, 0.1) is 5.56 Å². The summed E-state index contributed by atoms with van der Waals surface area (Å²) in [4.78, 5) is 19.4. The van der Waals surface area contributed by atoms with Crippen molar-refractivity contribution in [1.29, 1.82) is 5.26 Å². The Morgan fingerprint density at radius 1 is 1.44 bits per heavy atom. The third-order valence-corrected chi connectivity index (χ3v) is 2.47. The number of nitrogens with zero attached hydrogens (tertiary/aromatic N) is 3. The van der Waals surface area contributed by atoms with Crippen molar-refractivity contribution in [3.63, 3.8) is 0 Å². The zero-order valence-electron chi connectivity index (χ0n) is 8.04. The molecule has 2 rings (SSSR count). The number of nitriles is 1. The van der Waals surface area contributed by atoms with E-state index in [4.69, 9.17) is 5.26 Å². The Kier molecular flexibility index (Phi) is 2.89. The number of hydrogen-bond donors (Lipinski definition) is 1. The van der Waals surface area contributed by atoms with Gasteiger partial charge in [0.25, 0.3) is 5.91 Å². The number of carbonyl (C=O) groups is 1. The number of hydrogen-bond acceptors (Lipinski definition) is 5. The molecule has 0 unspecified atom stereocenters. The molecule has 78 valence electrons. The van der Waals surface area contributed by atoms with E-state index in [-0.39, 0.29) is 11.6 Å². The van der Waals surface area contributed by atoms with E-state index in [1.54, 1.807) is 17.6 Å². The molecule has 2 aromatic heterocycles. The highest BCUT2D eigenvalue weighted by molar-refractivity contribution is 7.13. The first-order chi connectivity index (χ1) is 7.79. The van der Waals surface area contributed by atoms with E-state index < -0.39 is 0 Å². The predicted molar refractivity (Wildman–Crippen MR) is 59.0 cm³/mol. The van der Waals surface area contributed by atoms with Crippen LogP contribution < -0.4 is 5.32 Å². The predicted octanol–water partition coefficient (Wildman–Crippen LogP) is 1.66. The van der Waals surface area contributed by atoms with Gasteiger partial charge in [-0.2, -0.15) is 5.26 Å². The van der Waals surface area contributed by atoms with Crippen LogP contribution in [0.2, 0.25) is 0 Å². The summed E-state index contributed by atoms with van der Waals surface area (Å²) in [5, 5.41) is 13.5. The van der Waals surface area contributed by atoms with Gasteiger partial charge in [-0.05, 0) is 12.1 Å². The molecule has 0 fully saturated rings. The maximum absolute atomic E-state index is 11.6. The lowest BCUT2D eigenvalue weighted by Gasteiger charge is -1.99. The lowest BCUT2D eigenvalue weighted by atomic mass is 10.2. The van der Waals surface area contributed by atoms with Crippen LogP contribution in [0.4, 0.5) is 5.13 Å². The maximum atomic E-state index is 11.6. The zero-order chi connectivity index (χ0) is 11.4. The van der Waals surface area contributed by atoms with Crippen LogP contribution in [0.1, 0.15) is 16.1 Å². The molecule has 0 aromatic carbocycles. The van der Waals surface area contributed by atoms with Crippen LogP contribution in [-0.4, -0.2) is 15.9 Å². The molecule has 0 atom stereocenters. The van der Waals surface area contributed by atoms with Gasteiger partial charge in [0.15, 0.2) is 5.13 Å². The number of amides is 1. The highest BCUT2D eigenvalue weighted by Crippen LogP contribution is 2.11. The van der Waals surface area contributed by atoms with E-state index in [1.807, 2.05) is 6.07 Å². The summed E-state index contributed by atoms with van der Waals surface area (Å²) in [5.41, 5.74) is 0.681. The molecule has 0 spiro atoms. The molecule has 1 amide bonds. The molecule has 0 aliphatic rings. The Hall–Kier alpha value is -2.26. The third-order valence-electron chi connectivity index (χ3n) is 1.78. The number of nitrogens with one attached hydrogen (secondary N) is 1. The van der Waals surface area contributed by atoms with E-state index in [1.165, 1.54) is 23.6 Å². The van der Waals surface area contributed by atoms with Crippen molar-refractivity contribution in [1.82, 2.24) is 9.97 Å². The van der Waals surface area contributed by atoms with Crippen molar-refractivity contribution in [2.24, 2.45) is 0 Å². The molecule has 0 bridgehead atoms. The zero-order valence-corrected chi connectivity index (χ0v) is 8.86. The van der Waals surface area contributed by atoms with Crippen molar-refractivity contribution < 1.29 is 4.79 Å². The molecule has 0 saturated heterocycles. The van der Waals surface area contributed by atoms with Crippen molar-refractivity contribution in [2.75, 3.05) is 5.32 Å². The number of carbonyl (C=O) groups excluding carboxylic acids is 1. The monoisotopic (exact) mass is 230 g/mol. The van der Waals surface area contributed by atoms with Gasteiger partial charge < -0.3 is 0 Å². The average Bonchev–Trinajstić information content (AvgIpc) is 2.82. The molecule has 16 heavy (non-hydrogen) atoms. The Morgan fingerprint density at radius 2 is 2.31 bits per heavy atom. The fraction of sp³-hybridized carbons (Fsp3) is 0. The smallest absolute Gasteiger partial charge is 0.276 e. The molecule has 0 radical (unpaired) electrons. The third kappa shape index (κ3) is 2.21. The average molecular weight is 230 g/mol. The Balaban J connectivity index is 2.12. The van der Waals surface area contributed by atoms with E-state index in [2.05, 4.69) is 15.3 Å². The highest BCUT2D eigenvalue weighted by Gasteiger charge is 2.08. The van der Waals surface area contributed by atoms with E-state index in [0.29, 0.717) is 10.7 Å². The van der Waals surface area contributed by atoms with E-state index >= 15 is 0 Å². The number of aromatic nitrogens is 2. The quantitative estimate of drug-likeness (QED) is 0.850. The minimum absolute atomic E-state index is 0.259. The van der Waals surface area contributed by atoms with Crippen LogP contribution in [0.3, 0.4) is 0 Å². The first kappa shape index (κ1) is 10.3. The second kappa shape index (κ2) is 4.51. The molecule has 6 heteroatoms. The fourth-order valence-corrected chi connectivity index (χ4v) is 1.56. The summed E-state index contributed by atoms with van der Waals surface area (Å²) in [5.74, 6) is -0.334.